The standard InChI is InChI=1S/C14H20N4/c1-3-14(15)9-18(10-14)8-12-11-6-4-5-7-13(11)17(2)16-12/h4-7H,3,8-10,15H2,1-2H3. The van der Waals surface area contributed by atoms with Crippen LogP contribution in [0.3, 0.4) is 0 Å². The van der Waals surface area contributed by atoms with E-state index in [1.807, 2.05) is 11.7 Å². The van der Waals surface area contributed by atoms with E-state index < -0.39 is 0 Å². The molecule has 1 fully saturated rings. The van der Waals surface area contributed by atoms with Gasteiger partial charge in [0.05, 0.1) is 11.2 Å². The van der Waals surface area contributed by atoms with E-state index in [1.54, 1.807) is 0 Å². The van der Waals surface area contributed by atoms with Crippen molar-refractivity contribution in [3.05, 3.63) is 30.0 Å². The Balaban J connectivity index is 1.80. The molecule has 0 spiro atoms. The van der Waals surface area contributed by atoms with Crippen LogP contribution >= 0.6 is 0 Å². The normalized spacial score (nSPS) is 19.1. The second-order valence-electron chi connectivity index (χ2n) is 5.45. The predicted octanol–water partition coefficient (Wildman–Crippen LogP) is 1.50. The molecule has 1 aliphatic heterocycles. The van der Waals surface area contributed by atoms with Crippen molar-refractivity contribution < 1.29 is 0 Å². The van der Waals surface area contributed by atoms with E-state index in [2.05, 4.69) is 41.2 Å². The smallest absolute Gasteiger partial charge is 0.0843 e. The van der Waals surface area contributed by atoms with E-state index >= 15 is 0 Å². The molecule has 2 aromatic rings. The third-order valence-corrected chi connectivity index (χ3v) is 3.99. The van der Waals surface area contributed by atoms with Crippen molar-refractivity contribution in [1.82, 2.24) is 14.7 Å². The monoisotopic (exact) mass is 244 g/mol. The van der Waals surface area contributed by atoms with Crippen LogP contribution in [-0.4, -0.2) is 33.3 Å². The lowest BCUT2D eigenvalue weighted by molar-refractivity contribution is 0.0597. The van der Waals surface area contributed by atoms with Gasteiger partial charge in [-0.2, -0.15) is 5.10 Å². The van der Waals surface area contributed by atoms with Crippen LogP contribution in [0.5, 0.6) is 0 Å². The summed E-state index contributed by atoms with van der Waals surface area (Å²) in [4.78, 5) is 2.37. The summed E-state index contributed by atoms with van der Waals surface area (Å²) in [5.74, 6) is 0. The zero-order valence-electron chi connectivity index (χ0n) is 11.1. The molecule has 0 bridgehead atoms. The molecule has 0 amide bonds. The number of rotatable bonds is 3. The predicted molar refractivity (Wildman–Crippen MR) is 73.2 cm³/mol. The average molecular weight is 244 g/mol. The number of para-hydroxylation sites is 1. The highest BCUT2D eigenvalue weighted by Crippen LogP contribution is 2.25. The molecule has 18 heavy (non-hydrogen) atoms. The number of benzene rings is 1. The van der Waals surface area contributed by atoms with Crippen LogP contribution in [0, 0.1) is 0 Å². The molecule has 0 saturated carbocycles. The van der Waals surface area contributed by atoms with Gasteiger partial charge in [0.25, 0.3) is 0 Å². The Morgan fingerprint density at radius 1 is 1.33 bits per heavy atom. The number of aryl methyl sites for hydroxylation is 1. The molecule has 96 valence electrons. The Labute approximate surface area is 107 Å². The number of aromatic nitrogens is 2. The Morgan fingerprint density at radius 2 is 2.06 bits per heavy atom. The van der Waals surface area contributed by atoms with E-state index in [0.717, 1.165) is 31.7 Å². The number of fused-ring (bicyclic) bond motifs is 1. The van der Waals surface area contributed by atoms with Gasteiger partial charge in [0.2, 0.25) is 0 Å². The van der Waals surface area contributed by atoms with Gasteiger partial charge in [0.15, 0.2) is 0 Å². The molecule has 3 rings (SSSR count). The minimum absolute atomic E-state index is 0.0323. The first-order valence-electron chi connectivity index (χ1n) is 6.53. The summed E-state index contributed by atoms with van der Waals surface area (Å²) in [6.07, 6.45) is 1.05. The van der Waals surface area contributed by atoms with Crippen LogP contribution in [0.25, 0.3) is 10.9 Å². The molecule has 1 aromatic heterocycles. The molecule has 2 heterocycles. The molecule has 0 radical (unpaired) electrons. The third-order valence-electron chi connectivity index (χ3n) is 3.99. The van der Waals surface area contributed by atoms with Gasteiger partial charge in [-0.25, -0.2) is 0 Å². The van der Waals surface area contributed by atoms with E-state index in [1.165, 1.54) is 10.9 Å². The lowest BCUT2D eigenvalue weighted by atomic mass is 9.88. The van der Waals surface area contributed by atoms with Crippen LogP contribution < -0.4 is 5.73 Å². The highest BCUT2D eigenvalue weighted by atomic mass is 15.3. The van der Waals surface area contributed by atoms with E-state index in [-0.39, 0.29) is 5.54 Å². The number of nitrogens with two attached hydrogens (primary N) is 1. The van der Waals surface area contributed by atoms with E-state index in [0.29, 0.717) is 0 Å². The van der Waals surface area contributed by atoms with Crippen molar-refractivity contribution in [3.63, 3.8) is 0 Å². The average Bonchev–Trinajstić information content (AvgIpc) is 2.65. The van der Waals surface area contributed by atoms with Gasteiger partial charge >= 0.3 is 0 Å². The first kappa shape index (κ1) is 11.7. The van der Waals surface area contributed by atoms with E-state index in [4.69, 9.17) is 5.73 Å². The van der Waals surface area contributed by atoms with Crippen LogP contribution in [-0.2, 0) is 13.6 Å². The Bertz CT molecular complexity index is 566. The van der Waals surface area contributed by atoms with Crippen LogP contribution in [0.1, 0.15) is 19.0 Å². The fourth-order valence-corrected chi connectivity index (χ4v) is 2.80. The van der Waals surface area contributed by atoms with Crippen molar-refractivity contribution in [3.8, 4) is 0 Å². The molecule has 0 aliphatic carbocycles. The zero-order chi connectivity index (χ0) is 12.8. The summed E-state index contributed by atoms with van der Waals surface area (Å²) in [7, 11) is 2.00. The minimum Gasteiger partial charge on any atom is -0.323 e. The maximum Gasteiger partial charge on any atom is 0.0843 e. The van der Waals surface area contributed by atoms with E-state index in [9.17, 15) is 0 Å². The van der Waals surface area contributed by atoms with Gasteiger partial charge < -0.3 is 5.73 Å². The number of likely N-dealkylation sites (tertiary alicyclic amines) is 1. The van der Waals surface area contributed by atoms with Crippen molar-refractivity contribution >= 4 is 10.9 Å². The molecule has 4 heteroatoms. The Kier molecular flexibility index (Phi) is 2.64. The van der Waals surface area contributed by atoms with Crippen molar-refractivity contribution in [2.75, 3.05) is 13.1 Å². The fraction of sp³-hybridized carbons (Fsp3) is 0.500. The highest BCUT2D eigenvalue weighted by molar-refractivity contribution is 5.81. The zero-order valence-corrected chi connectivity index (χ0v) is 11.1. The quantitative estimate of drug-likeness (QED) is 0.890. The molecule has 1 aromatic carbocycles. The topological polar surface area (TPSA) is 47.1 Å². The number of hydrogen-bond acceptors (Lipinski definition) is 3. The van der Waals surface area contributed by atoms with Crippen molar-refractivity contribution in [2.45, 2.75) is 25.4 Å². The maximum atomic E-state index is 6.20. The van der Waals surface area contributed by atoms with Crippen molar-refractivity contribution in [2.24, 2.45) is 12.8 Å². The van der Waals surface area contributed by atoms with Gasteiger partial charge in [-0.05, 0) is 12.5 Å². The minimum atomic E-state index is 0.0323. The molecular weight excluding hydrogens is 224 g/mol. The van der Waals surface area contributed by atoms with Gasteiger partial charge in [-0.1, -0.05) is 25.1 Å². The summed E-state index contributed by atoms with van der Waals surface area (Å²) in [6.45, 7) is 5.02. The second-order valence-corrected chi connectivity index (χ2v) is 5.45. The fourth-order valence-electron chi connectivity index (χ4n) is 2.80. The van der Waals surface area contributed by atoms with Crippen LogP contribution in [0.4, 0.5) is 0 Å². The first-order valence-corrected chi connectivity index (χ1v) is 6.53. The third kappa shape index (κ3) is 1.82. The Hall–Kier alpha value is -1.39. The van der Waals surface area contributed by atoms with Crippen LogP contribution in [0.2, 0.25) is 0 Å². The Morgan fingerprint density at radius 3 is 2.78 bits per heavy atom. The molecule has 2 N–H and O–H groups in total. The lowest BCUT2D eigenvalue weighted by Crippen LogP contribution is -2.66. The summed E-state index contributed by atoms with van der Waals surface area (Å²) in [6, 6.07) is 8.39. The highest BCUT2D eigenvalue weighted by Gasteiger charge is 2.37. The second kappa shape index (κ2) is 4.07. The lowest BCUT2D eigenvalue weighted by Gasteiger charge is -2.47. The summed E-state index contributed by atoms with van der Waals surface area (Å²) >= 11 is 0. The van der Waals surface area contributed by atoms with Crippen molar-refractivity contribution in [1.29, 1.82) is 0 Å². The van der Waals surface area contributed by atoms with Crippen LogP contribution in [0.15, 0.2) is 24.3 Å². The largest absolute Gasteiger partial charge is 0.323 e. The maximum absolute atomic E-state index is 6.20. The molecule has 0 unspecified atom stereocenters. The van der Waals surface area contributed by atoms with Gasteiger partial charge in [-0.15, -0.1) is 0 Å². The molecule has 1 saturated heterocycles. The molecule has 0 atom stereocenters. The van der Waals surface area contributed by atoms with Gasteiger partial charge in [-0.3, -0.25) is 9.58 Å². The first-order chi connectivity index (χ1) is 8.61. The molecule has 4 nitrogen and oxygen atoms in total. The molecule has 1 aliphatic rings. The molecular formula is C14H20N4. The summed E-state index contributed by atoms with van der Waals surface area (Å²) < 4.78 is 1.96. The number of nitrogens with zero attached hydrogens (tertiary/aromatic N) is 3. The van der Waals surface area contributed by atoms with Gasteiger partial charge in [0.1, 0.15) is 0 Å². The summed E-state index contributed by atoms with van der Waals surface area (Å²) in [5.41, 5.74) is 8.58. The van der Waals surface area contributed by atoms with Gasteiger partial charge in [0, 0.05) is 37.6 Å². The summed E-state index contributed by atoms with van der Waals surface area (Å²) in [5, 5.41) is 5.87. The SMILES string of the molecule is CCC1(N)CN(Cc2nn(C)c3ccccc23)C1. The number of hydrogen-bond donors (Lipinski definition) is 1.